The second-order valence-corrected chi connectivity index (χ2v) is 7.36. The van der Waals surface area contributed by atoms with Crippen LogP contribution in [0.25, 0.3) is 0 Å². The summed E-state index contributed by atoms with van der Waals surface area (Å²) in [4.78, 5) is 20.8. The van der Waals surface area contributed by atoms with E-state index in [0.29, 0.717) is 30.8 Å². The van der Waals surface area contributed by atoms with Crippen molar-refractivity contribution < 1.29 is 23.1 Å². The first kappa shape index (κ1) is 17.2. The molecule has 0 aliphatic carbocycles. The van der Waals surface area contributed by atoms with E-state index in [1.807, 2.05) is 0 Å². The maximum atomic E-state index is 11.2. The van der Waals surface area contributed by atoms with Crippen molar-refractivity contribution in [3.63, 3.8) is 0 Å². The Morgan fingerprint density at radius 3 is 2.61 bits per heavy atom. The number of nitrogens with one attached hydrogen (secondary N) is 1. The molecule has 0 aliphatic rings. The number of aliphatic carboxylic acids is 1. The van der Waals surface area contributed by atoms with E-state index in [1.54, 1.807) is 6.92 Å². The van der Waals surface area contributed by atoms with Crippen LogP contribution in [0.1, 0.15) is 19.8 Å². The summed E-state index contributed by atoms with van der Waals surface area (Å²) in [5, 5.41) is 11.0. The Hall–Kier alpha value is -0.760. The Balaban J connectivity index is 3.67. The Kier molecular flexibility index (Phi) is 8.82. The lowest BCUT2D eigenvalue weighted by molar-refractivity contribution is -0.140. The average Bonchev–Trinajstić information content (AvgIpc) is 2.31. The van der Waals surface area contributed by atoms with Gasteiger partial charge in [-0.1, -0.05) is 6.92 Å². The van der Waals surface area contributed by atoms with Crippen LogP contribution >= 0.6 is 11.8 Å². The molecule has 0 rings (SSSR count). The van der Waals surface area contributed by atoms with Gasteiger partial charge in [-0.05, 0) is 24.3 Å². The fourth-order valence-electron chi connectivity index (χ4n) is 1.19. The van der Waals surface area contributed by atoms with Crippen molar-refractivity contribution in [1.29, 1.82) is 0 Å². The van der Waals surface area contributed by atoms with Crippen molar-refractivity contribution in [2.45, 2.75) is 25.8 Å². The second kappa shape index (κ2) is 9.21. The third-order valence-electron chi connectivity index (χ3n) is 2.30. The number of amides is 1. The lowest BCUT2D eigenvalue weighted by Crippen LogP contribution is -2.36. The average molecular weight is 297 g/mol. The van der Waals surface area contributed by atoms with Gasteiger partial charge in [0.05, 0.1) is 5.75 Å². The Morgan fingerprint density at radius 1 is 1.44 bits per heavy atom. The van der Waals surface area contributed by atoms with E-state index in [0.717, 1.165) is 0 Å². The lowest BCUT2D eigenvalue weighted by atomic mass is 10.2. The summed E-state index contributed by atoms with van der Waals surface area (Å²) in [7, 11) is -2.91. The first-order valence-corrected chi connectivity index (χ1v) is 8.61. The van der Waals surface area contributed by atoms with Crippen LogP contribution in [0, 0.1) is 0 Å². The van der Waals surface area contributed by atoms with Gasteiger partial charge in [-0.15, -0.1) is 0 Å². The molecule has 0 spiro atoms. The smallest absolute Gasteiger partial charge is 0.326 e. The predicted molar refractivity (Wildman–Crippen MR) is 71.5 cm³/mol. The Labute approximate surface area is 111 Å². The van der Waals surface area contributed by atoms with Crippen molar-refractivity contribution in [2.75, 3.05) is 23.0 Å². The topological polar surface area (TPSA) is 101 Å². The third kappa shape index (κ3) is 8.35. The van der Waals surface area contributed by atoms with E-state index in [4.69, 9.17) is 5.11 Å². The first-order valence-electron chi connectivity index (χ1n) is 5.63. The molecule has 0 heterocycles. The Bertz CT molecular complexity index is 355. The van der Waals surface area contributed by atoms with Crippen molar-refractivity contribution in [3.05, 3.63) is 0 Å². The van der Waals surface area contributed by atoms with E-state index in [1.165, 1.54) is 11.8 Å². The summed E-state index contributed by atoms with van der Waals surface area (Å²) in [6, 6.07) is -0.866. The number of carbonyl (C=O) groups excluding carboxylic acids is 1. The molecule has 2 N–H and O–H groups in total. The number of thioether (sulfide) groups is 1. The van der Waals surface area contributed by atoms with E-state index in [2.05, 4.69) is 5.32 Å². The van der Waals surface area contributed by atoms with Gasteiger partial charge in [0, 0.05) is 5.75 Å². The summed E-state index contributed by atoms with van der Waals surface area (Å²) >= 11 is 1.49. The standard InChI is InChI=1S/C10H19NO5S2/c1-2-18(15,16)7-3-5-17-6-4-9(10(13)14)11-8-12/h8-9H,2-7H2,1H3,(H,11,12)(H,13,14). The number of carboxylic acid groups (broad SMARTS) is 1. The molecule has 0 bridgehead atoms. The minimum absolute atomic E-state index is 0.155. The highest BCUT2D eigenvalue weighted by atomic mass is 32.2. The molecule has 106 valence electrons. The molecular weight excluding hydrogens is 278 g/mol. The van der Waals surface area contributed by atoms with Gasteiger partial charge in [-0.2, -0.15) is 11.8 Å². The summed E-state index contributed by atoms with van der Waals surface area (Å²) < 4.78 is 22.4. The van der Waals surface area contributed by atoms with Crippen LogP contribution in [0.3, 0.4) is 0 Å². The van der Waals surface area contributed by atoms with Crippen LogP contribution in [0.4, 0.5) is 0 Å². The van der Waals surface area contributed by atoms with E-state index in [-0.39, 0.29) is 11.5 Å². The molecule has 1 unspecified atom stereocenters. The van der Waals surface area contributed by atoms with Gasteiger partial charge in [0.25, 0.3) is 0 Å². The first-order chi connectivity index (χ1) is 8.43. The van der Waals surface area contributed by atoms with E-state index < -0.39 is 21.8 Å². The van der Waals surface area contributed by atoms with E-state index >= 15 is 0 Å². The molecule has 0 aromatic rings. The monoisotopic (exact) mass is 297 g/mol. The number of carboxylic acids is 1. The van der Waals surface area contributed by atoms with Crippen molar-refractivity contribution >= 4 is 34.0 Å². The predicted octanol–water partition coefficient (Wildman–Crippen LogP) is 0.134. The number of sulfone groups is 1. The number of carbonyl (C=O) groups is 2. The highest BCUT2D eigenvalue weighted by molar-refractivity contribution is 7.99. The fourth-order valence-corrected chi connectivity index (χ4v) is 3.20. The molecule has 0 saturated heterocycles. The van der Waals surface area contributed by atoms with Crippen LogP contribution in [-0.2, 0) is 19.4 Å². The molecule has 18 heavy (non-hydrogen) atoms. The van der Waals surface area contributed by atoms with Gasteiger partial charge in [0.2, 0.25) is 6.41 Å². The number of hydrogen-bond acceptors (Lipinski definition) is 5. The molecular formula is C10H19NO5S2. The molecule has 1 amide bonds. The van der Waals surface area contributed by atoms with Crippen molar-refractivity contribution in [1.82, 2.24) is 5.32 Å². The van der Waals surface area contributed by atoms with Crippen molar-refractivity contribution in [3.8, 4) is 0 Å². The largest absolute Gasteiger partial charge is 0.480 e. The Morgan fingerprint density at radius 2 is 2.11 bits per heavy atom. The minimum Gasteiger partial charge on any atom is -0.480 e. The summed E-state index contributed by atoms with van der Waals surface area (Å²) in [5.41, 5.74) is 0. The van der Waals surface area contributed by atoms with Crippen molar-refractivity contribution in [2.24, 2.45) is 0 Å². The van der Waals surface area contributed by atoms with Crippen LogP contribution in [-0.4, -0.2) is 55.0 Å². The maximum Gasteiger partial charge on any atom is 0.326 e. The molecule has 0 aromatic carbocycles. The van der Waals surface area contributed by atoms with Crippen LogP contribution in [0.5, 0.6) is 0 Å². The summed E-state index contributed by atoms with van der Waals surface area (Å²) in [6.07, 6.45) is 1.27. The quantitative estimate of drug-likeness (QED) is 0.415. The summed E-state index contributed by atoms with van der Waals surface area (Å²) in [5.74, 6) is 0.514. The van der Waals surface area contributed by atoms with Gasteiger partial charge in [-0.3, -0.25) is 4.79 Å². The third-order valence-corrected chi connectivity index (χ3v) is 5.19. The molecule has 0 radical (unpaired) electrons. The maximum absolute atomic E-state index is 11.2. The minimum atomic E-state index is -2.91. The lowest BCUT2D eigenvalue weighted by Gasteiger charge is -2.10. The zero-order valence-electron chi connectivity index (χ0n) is 10.3. The zero-order chi connectivity index (χ0) is 14.0. The van der Waals surface area contributed by atoms with Crippen LogP contribution in [0.15, 0.2) is 0 Å². The molecule has 8 heteroatoms. The molecule has 0 fully saturated rings. The molecule has 0 aliphatic heterocycles. The SMILES string of the molecule is CCS(=O)(=O)CCCSCCC(NC=O)C(=O)O. The second-order valence-electron chi connectivity index (χ2n) is 3.67. The van der Waals surface area contributed by atoms with Gasteiger partial charge >= 0.3 is 5.97 Å². The van der Waals surface area contributed by atoms with Crippen LogP contribution in [0.2, 0.25) is 0 Å². The van der Waals surface area contributed by atoms with Crippen LogP contribution < -0.4 is 5.32 Å². The molecule has 1 atom stereocenters. The van der Waals surface area contributed by atoms with Gasteiger partial charge in [-0.25, -0.2) is 13.2 Å². The fraction of sp³-hybridized carbons (Fsp3) is 0.800. The normalized spacial score (nSPS) is 12.9. The molecule has 0 saturated carbocycles. The highest BCUT2D eigenvalue weighted by Crippen LogP contribution is 2.08. The van der Waals surface area contributed by atoms with Gasteiger partial charge < -0.3 is 10.4 Å². The number of hydrogen-bond donors (Lipinski definition) is 2. The summed E-state index contributed by atoms with van der Waals surface area (Å²) in [6.45, 7) is 1.62. The molecule has 0 aromatic heterocycles. The zero-order valence-corrected chi connectivity index (χ0v) is 11.9. The molecule has 6 nitrogen and oxygen atoms in total. The van der Waals surface area contributed by atoms with Gasteiger partial charge in [0.15, 0.2) is 0 Å². The highest BCUT2D eigenvalue weighted by Gasteiger charge is 2.15. The number of rotatable bonds is 11. The van der Waals surface area contributed by atoms with E-state index in [9.17, 15) is 18.0 Å². The van der Waals surface area contributed by atoms with Gasteiger partial charge in [0.1, 0.15) is 15.9 Å².